The molecule has 1 atom stereocenters. The Morgan fingerprint density at radius 3 is 3.00 bits per heavy atom. The Bertz CT molecular complexity index is 912. The summed E-state index contributed by atoms with van der Waals surface area (Å²) in [7, 11) is 1.95. The van der Waals surface area contributed by atoms with Crippen molar-refractivity contribution in [3.05, 3.63) is 59.2 Å². The molecule has 0 aromatic carbocycles. The van der Waals surface area contributed by atoms with Crippen molar-refractivity contribution in [2.24, 2.45) is 7.05 Å². The van der Waals surface area contributed by atoms with Crippen molar-refractivity contribution in [1.29, 1.82) is 0 Å². The zero-order valence-corrected chi connectivity index (χ0v) is 14.3. The maximum absolute atomic E-state index is 12.7. The van der Waals surface area contributed by atoms with Gasteiger partial charge in [-0.15, -0.1) is 0 Å². The highest BCUT2D eigenvalue weighted by Gasteiger charge is 2.25. The van der Waals surface area contributed by atoms with E-state index in [4.69, 9.17) is 4.42 Å². The van der Waals surface area contributed by atoms with E-state index in [9.17, 15) is 4.79 Å². The molecular weight excluding hydrogens is 316 g/mol. The van der Waals surface area contributed by atoms with Crippen LogP contribution in [-0.2, 0) is 13.5 Å². The number of aryl methyl sites for hydroxylation is 2. The van der Waals surface area contributed by atoms with Crippen molar-refractivity contribution in [2.45, 2.75) is 32.2 Å². The summed E-state index contributed by atoms with van der Waals surface area (Å²) < 4.78 is 7.27. The molecule has 3 aromatic heterocycles. The average Bonchev–Trinajstić information content (AvgIpc) is 3.26. The van der Waals surface area contributed by atoms with Crippen LogP contribution in [0.15, 0.2) is 41.1 Å². The molecule has 128 valence electrons. The van der Waals surface area contributed by atoms with Gasteiger partial charge in [0.15, 0.2) is 5.76 Å². The summed E-state index contributed by atoms with van der Waals surface area (Å²) in [5.74, 6) is 0.597. The Labute approximate surface area is 145 Å². The third kappa shape index (κ3) is 2.84. The second kappa shape index (κ2) is 6.20. The smallest absolute Gasteiger partial charge is 0.253 e. The first kappa shape index (κ1) is 15.6. The SMILES string of the molecule is Cc1nc(-c2ccco2)ccc1C(=O)N[C@H]1CCCc2c1cnn2C. The lowest BCUT2D eigenvalue weighted by Gasteiger charge is -2.24. The fraction of sp³-hybridized carbons (Fsp3) is 0.316. The Hall–Kier alpha value is -2.89. The number of hydrogen-bond acceptors (Lipinski definition) is 4. The monoisotopic (exact) mass is 336 g/mol. The molecule has 0 radical (unpaired) electrons. The van der Waals surface area contributed by atoms with Crippen LogP contribution in [0.3, 0.4) is 0 Å². The Morgan fingerprint density at radius 1 is 1.36 bits per heavy atom. The minimum Gasteiger partial charge on any atom is -0.463 e. The molecule has 0 unspecified atom stereocenters. The number of carbonyl (C=O) groups is 1. The summed E-state index contributed by atoms with van der Waals surface area (Å²) in [4.78, 5) is 17.3. The van der Waals surface area contributed by atoms with Gasteiger partial charge in [0.2, 0.25) is 0 Å². The number of rotatable bonds is 3. The molecule has 3 aromatic rings. The molecule has 0 saturated carbocycles. The minimum atomic E-state index is -0.0994. The van der Waals surface area contributed by atoms with Gasteiger partial charge in [-0.1, -0.05) is 0 Å². The third-order valence-corrected chi connectivity index (χ3v) is 4.79. The summed E-state index contributed by atoms with van der Waals surface area (Å²) >= 11 is 0. The predicted octanol–water partition coefficient (Wildman–Crippen LogP) is 3.19. The van der Waals surface area contributed by atoms with Crippen LogP contribution in [0.4, 0.5) is 0 Å². The van der Waals surface area contributed by atoms with Gasteiger partial charge in [-0.2, -0.15) is 5.10 Å². The maximum Gasteiger partial charge on any atom is 0.253 e. The van der Waals surface area contributed by atoms with Gasteiger partial charge in [0, 0.05) is 18.3 Å². The number of nitrogens with one attached hydrogen (secondary N) is 1. The maximum atomic E-state index is 12.7. The Balaban J connectivity index is 1.56. The zero-order valence-electron chi connectivity index (χ0n) is 14.3. The van der Waals surface area contributed by atoms with Crippen molar-refractivity contribution >= 4 is 5.91 Å². The van der Waals surface area contributed by atoms with Gasteiger partial charge < -0.3 is 9.73 Å². The highest BCUT2D eigenvalue weighted by Crippen LogP contribution is 2.29. The van der Waals surface area contributed by atoms with Crippen LogP contribution in [0.2, 0.25) is 0 Å². The fourth-order valence-corrected chi connectivity index (χ4v) is 3.45. The first-order chi connectivity index (χ1) is 12.1. The van der Waals surface area contributed by atoms with Gasteiger partial charge in [-0.25, -0.2) is 4.98 Å². The summed E-state index contributed by atoms with van der Waals surface area (Å²) in [6.07, 6.45) is 6.47. The van der Waals surface area contributed by atoms with Gasteiger partial charge in [0.05, 0.1) is 29.8 Å². The zero-order chi connectivity index (χ0) is 17.4. The van der Waals surface area contributed by atoms with Crippen LogP contribution < -0.4 is 5.32 Å². The number of carbonyl (C=O) groups excluding carboxylic acids is 1. The van der Waals surface area contributed by atoms with E-state index in [1.807, 2.05) is 49.1 Å². The summed E-state index contributed by atoms with van der Waals surface area (Å²) in [6.45, 7) is 1.84. The highest BCUT2D eigenvalue weighted by molar-refractivity contribution is 5.95. The highest BCUT2D eigenvalue weighted by atomic mass is 16.3. The van der Waals surface area contributed by atoms with Gasteiger partial charge >= 0.3 is 0 Å². The molecule has 1 N–H and O–H groups in total. The van der Waals surface area contributed by atoms with Gasteiger partial charge in [-0.05, 0) is 50.5 Å². The van der Waals surface area contributed by atoms with Gasteiger partial charge in [0.25, 0.3) is 5.91 Å². The number of aromatic nitrogens is 3. The minimum absolute atomic E-state index is 0.00843. The van der Waals surface area contributed by atoms with Gasteiger partial charge in [-0.3, -0.25) is 9.48 Å². The summed E-state index contributed by atoms with van der Waals surface area (Å²) in [5, 5.41) is 7.47. The Kier molecular flexibility index (Phi) is 3.87. The molecule has 4 rings (SSSR count). The van der Waals surface area contributed by atoms with Crippen LogP contribution in [0.1, 0.15) is 46.2 Å². The van der Waals surface area contributed by atoms with Crippen LogP contribution >= 0.6 is 0 Å². The van der Waals surface area contributed by atoms with E-state index < -0.39 is 0 Å². The molecule has 0 spiro atoms. The molecule has 0 fully saturated rings. The largest absolute Gasteiger partial charge is 0.463 e. The number of nitrogens with zero attached hydrogens (tertiary/aromatic N) is 3. The first-order valence-electron chi connectivity index (χ1n) is 8.46. The molecule has 0 bridgehead atoms. The quantitative estimate of drug-likeness (QED) is 0.797. The molecule has 25 heavy (non-hydrogen) atoms. The molecule has 6 nitrogen and oxygen atoms in total. The lowest BCUT2D eigenvalue weighted by molar-refractivity contribution is 0.0931. The number of hydrogen-bond donors (Lipinski definition) is 1. The van der Waals surface area contributed by atoms with Crippen LogP contribution in [0, 0.1) is 6.92 Å². The molecule has 0 saturated heterocycles. The van der Waals surface area contributed by atoms with E-state index in [-0.39, 0.29) is 11.9 Å². The van der Waals surface area contributed by atoms with E-state index in [1.165, 1.54) is 5.69 Å². The van der Waals surface area contributed by atoms with Crippen molar-refractivity contribution in [3.63, 3.8) is 0 Å². The van der Waals surface area contributed by atoms with Gasteiger partial charge in [0.1, 0.15) is 5.69 Å². The number of furan rings is 1. The molecular formula is C19H20N4O2. The van der Waals surface area contributed by atoms with E-state index >= 15 is 0 Å². The second-order valence-electron chi connectivity index (χ2n) is 6.40. The summed E-state index contributed by atoms with van der Waals surface area (Å²) in [5.41, 5.74) is 4.34. The molecule has 1 aliphatic carbocycles. The molecule has 1 amide bonds. The fourth-order valence-electron chi connectivity index (χ4n) is 3.45. The summed E-state index contributed by atoms with van der Waals surface area (Å²) in [6, 6.07) is 7.31. The molecule has 6 heteroatoms. The predicted molar refractivity (Wildman–Crippen MR) is 93.0 cm³/mol. The lowest BCUT2D eigenvalue weighted by Crippen LogP contribution is -2.31. The van der Waals surface area contributed by atoms with E-state index in [0.717, 1.165) is 30.5 Å². The van der Waals surface area contributed by atoms with Crippen LogP contribution in [0.5, 0.6) is 0 Å². The van der Waals surface area contributed by atoms with Crippen molar-refractivity contribution < 1.29 is 9.21 Å². The number of fused-ring (bicyclic) bond motifs is 1. The topological polar surface area (TPSA) is 73.0 Å². The third-order valence-electron chi connectivity index (χ3n) is 4.79. The number of amides is 1. The Morgan fingerprint density at radius 2 is 2.24 bits per heavy atom. The van der Waals surface area contributed by atoms with Crippen molar-refractivity contribution in [2.75, 3.05) is 0 Å². The van der Waals surface area contributed by atoms with E-state index in [0.29, 0.717) is 17.0 Å². The molecule has 3 heterocycles. The standard InChI is InChI=1S/C19H20N4O2/c1-12-13(8-9-16(21-12)18-7-4-10-25-18)19(24)22-15-5-3-6-17-14(15)11-20-23(17)2/h4,7-11,15H,3,5-6H2,1-2H3,(H,22,24)/t15-/m0/s1. The average molecular weight is 336 g/mol. The van der Waals surface area contributed by atoms with Crippen LogP contribution in [-0.4, -0.2) is 20.7 Å². The van der Waals surface area contributed by atoms with E-state index in [1.54, 1.807) is 6.26 Å². The normalized spacial score (nSPS) is 16.5. The second-order valence-corrected chi connectivity index (χ2v) is 6.40. The van der Waals surface area contributed by atoms with Crippen LogP contribution in [0.25, 0.3) is 11.5 Å². The molecule has 1 aliphatic rings. The first-order valence-corrected chi connectivity index (χ1v) is 8.46. The van der Waals surface area contributed by atoms with E-state index in [2.05, 4.69) is 15.4 Å². The van der Waals surface area contributed by atoms with Crippen molar-refractivity contribution in [3.8, 4) is 11.5 Å². The molecule has 0 aliphatic heterocycles. The lowest BCUT2D eigenvalue weighted by atomic mass is 9.92. The number of pyridine rings is 1. The van der Waals surface area contributed by atoms with Crippen molar-refractivity contribution in [1.82, 2.24) is 20.1 Å².